The van der Waals surface area contributed by atoms with Gasteiger partial charge in [-0.2, -0.15) is 0 Å². The smallest absolute Gasteiger partial charge is 0.406 e. The van der Waals surface area contributed by atoms with E-state index in [1.807, 2.05) is 28.8 Å². The fraction of sp³-hybridized carbons (Fsp3) is 0.280. The highest BCUT2D eigenvalue weighted by atomic mass is 35.5. The number of ether oxygens (including phenoxy) is 2. The van der Waals surface area contributed by atoms with Gasteiger partial charge in [-0.1, -0.05) is 23.2 Å². The zero-order valence-corrected chi connectivity index (χ0v) is 22.1. The third-order valence-corrected chi connectivity index (χ3v) is 8.91. The Morgan fingerprint density at radius 1 is 1.03 bits per heavy atom. The fourth-order valence-electron chi connectivity index (χ4n) is 4.72. The minimum absolute atomic E-state index is 0.0359. The molecular weight excluding hydrogens is 566 g/mol. The summed E-state index contributed by atoms with van der Waals surface area (Å²) in [6.07, 6.45) is -5.91. The first-order valence-electron chi connectivity index (χ1n) is 11.4. The summed E-state index contributed by atoms with van der Waals surface area (Å²) in [5.41, 5.74) is 1.61. The lowest BCUT2D eigenvalue weighted by Gasteiger charge is -2.37. The molecule has 0 radical (unpaired) electrons. The van der Waals surface area contributed by atoms with Gasteiger partial charge in [0, 0.05) is 38.9 Å². The molecule has 1 aromatic heterocycles. The van der Waals surface area contributed by atoms with Crippen LogP contribution in [-0.2, 0) is 14.7 Å². The summed E-state index contributed by atoms with van der Waals surface area (Å²) in [6, 6.07) is 14.0. The maximum atomic E-state index is 13.7. The molecule has 7 nitrogen and oxygen atoms in total. The molecule has 202 valence electrons. The molecule has 5 rings (SSSR count). The van der Waals surface area contributed by atoms with E-state index in [0.29, 0.717) is 10.0 Å². The van der Waals surface area contributed by atoms with Gasteiger partial charge >= 0.3 is 6.36 Å². The predicted molar refractivity (Wildman–Crippen MR) is 140 cm³/mol. The maximum Gasteiger partial charge on any atom is 0.573 e. The Hall–Kier alpha value is -2.54. The molecule has 0 saturated carbocycles. The highest BCUT2D eigenvalue weighted by Gasteiger charge is 2.37. The predicted octanol–water partition coefficient (Wildman–Crippen LogP) is 5.96. The quantitative estimate of drug-likeness (QED) is 0.301. The summed E-state index contributed by atoms with van der Waals surface area (Å²) in [6.45, 7) is 0.214. The fourth-order valence-corrected chi connectivity index (χ4v) is 6.64. The molecule has 1 saturated heterocycles. The van der Waals surface area contributed by atoms with Crippen molar-refractivity contribution in [1.82, 2.24) is 9.29 Å². The number of aromatic nitrogens is 1. The number of alkyl halides is 3. The van der Waals surface area contributed by atoms with E-state index in [4.69, 9.17) is 27.9 Å². The average Bonchev–Trinajstić information content (AvgIpc) is 3.17. The largest absolute Gasteiger partial charge is 0.573 e. The molecule has 1 aliphatic heterocycles. The molecule has 1 unspecified atom stereocenters. The topological polar surface area (TPSA) is 85.1 Å². The van der Waals surface area contributed by atoms with Crippen molar-refractivity contribution >= 4 is 54.9 Å². The van der Waals surface area contributed by atoms with Crippen molar-refractivity contribution < 1.29 is 32.0 Å². The summed E-state index contributed by atoms with van der Waals surface area (Å²) >= 11 is 12.5. The lowest BCUT2D eigenvalue weighted by atomic mass is 10.0. The zero-order chi connectivity index (χ0) is 27.2. The summed E-state index contributed by atoms with van der Waals surface area (Å²) in [5, 5.41) is 14.3. The number of nitrogens with one attached hydrogen (secondary N) is 1. The van der Waals surface area contributed by atoms with Crippen molar-refractivity contribution in [2.24, 2.45) is 4.36 Å². The summed E-state index contributed by atoms with van der Waals surface area (Å²) in [7, 11) is -2.01. The van der Waals surface area contributed by atoms with Crippen LogP contribution in [0.5, 0.6) is 5.75 Å². The molecule has 0 bridgehead atoms. The van der Waals surface area contributed by atoms with Crippen molar-refractivity contribution in [1.29, 1.82) is 0 Å². The Morgan fingerprint density at radius 3 is 2.13 bits per heavy atom. The number of fused-ring (bicyclic) bond motifs is 3. The van der Waals surface area contributed by atoms with Crippen LogP contribution in [0.2, 0.25) is 10.0 Å². The molecule has 4 aromatic rings. The number of benzene rings is 3. The second-order valence-corrected chi connectivity index (χ2v) is 11.7. The molecule has 0 aliphatic carbocycles. The van der Waals surface area contributed by atoms with E-state index in [1.165, 1.54) is 19.2 Å². The zero-order valence-electron chi connectivity index (χ0n) is 19.8. The number of aliphatic hydroxyl groups excluding tert-OH is 1. The molecule has 1 aliphatic rings. The molecule has 0 amide bonds. The first kappa shape index (κ1) is 27.0. The molecule has 13 heteroatoms. The molecule has 4 atom stereocenters. The van der Waals surface area contributed by atoms with Crippen LogP contribution in [0.1, 0.15) is 6.04 Å². The van der Waals surface area contributed by atoms with E-state index < -0.39 is 40.2 Å². The van der Waals surface area contributed by atoms with Gasteiger partial charge in [-0.3, -0.25) is 0 Å². The number of hydrogen-bond donors (Lipinski definition) is 2. The van der Waals surface area contributed by atoms with Crippen LogP contribution < -0.4 is 9.46 Å². The molecule has 3 aromatic carbocycles. The molecule has 38 heavy (non-hydrogen) atoms. The van der Waals surface area contributed by atoms with Crippen molar-refractivity contribution in [3.63, 3.8) is 0 Å². The van der Waals surface area contributed by atoms with Crippen LogP contribution in [0.3, 0.4) is 0 Å². The van der Waals surface area contributed by atoms with Crippen LogP contribution in [-0.4, -0.2) is 52.7 Å². The van der Waals surface area contributed by atoms with Crippen LogP contribution in [0, 0.1) is 0 Å². The monoisotopic (exact) mass is 587 g/mol. The Labute approximate surface area is 226 Å². The van der Waals surface area contributed by atoms with Crippen LogP contribution in [0.15, 0.2) is 69.9 Å². The highest BCUT2D eigenvalue weighted by Crippen LogP contribution is 2.37. The Kier molecular flexibility index (Phi) is 7.27. The Balaban J connectivity index is 1.48. The normalized spacial score (nSPS) is 21.9. The van der Waals surface area contributed by atoms with Gasteiger partial charge in [0.25, 0.3) is 0 Å². The van der Waals surface area contributed by atoms with Crippen LogP contribution in [0.25, 0.3) is 21.8 Å². The number of hydrogen-bond acceptors (Lipinski definition) is 5. The van der Waals surface area contributed by atoms with E-state index >= 15 is 0 Å². The molecule has 0 spiro atoms. The minimum Gasteiger partial charge on any atom is -0.406 e. The third kappa shape index (κ3) is 5.18. The van der Waals surface area contributed by atoms with Gasteiger partial charge in [0.2, 0.25) is 0 Å². The molecule has 2 heterocycles. The summed E-state index contributed by atoms with van der Waals surface area (Å²) in [4.78, 5) is 0.130. The van der Waals surface area contributed by atoms with Gasteiger partial charge < -0.3 is 19.1 Å². The van der Waals surface area contributed by atoms with Crippen molar-refractivity contribution in [3.05, 3.63) is 70.7 Å². The Bertz CT molecular complexity index is 1560. The van der Waals surface area contributed by atoms with Gasteiger partial charge in [-0.15, -0.1) is 13.2 Å². The highest BCUT2D eigenvalue weighted by molar-refractivity contribution is 7.91. The number of rotatable bonds is 5. The average molecular weight is 588 g/mol. The van der Waals surface area contributed by atoms with E-state index in [1.54, 1.807) is 12.1 Å². The van der Waals surface area contributed by atoms with Crippen molar-refractivity contribution in [2.75, 3.05) is 20.3 Å². The SMILES string of the molecule is CN=S(=O)(N[C@@H]1COC[C@@H](n2c3ccc(Cl)cc3c3cc(Cl)ccc32)[C@H]1O)c1ccc(OC(F)(F)F)cc1. The lowest BCUT2D eigenvalue weighted by molar-refractivity contribution is -0.274. The summed E-state index contributed by atoms with van der Waals surface area (Å²) < 4.78 is 69.8. The maximum absolute atomic E-state index is 13.7. The van der Waals surface area contributed by atoms with E-state index in [9.17, 15) is 22.5 Å². The van der Waals surface area contributed by atoms with E-state index in [0.717, 1.165) is 33.9 Å². The minimum atomic E-state index is -4.85. The van der Waals surface area contributed by atoms with Gasteiger partial charge in [-0.25, -0.2) is 13.3 Å². The second kappa shape index (κ2) is 10.2. The van der Waals surface area contributed by atoms with Crippen LogP contribution >= 0.6 is 23.2 Å². The van der Waals surface area contributed by atoms with E-state index in [-0.39, 0.29) is 18.1 Å². The molecule has 1 fully saturated rings. The molecular formula is C25H22Cl2F3N3O4S. The Morgan fingerprint density at radius 2 is 1.61 bits per heavy atom. The number of nitrogens with zero attached hydrogens (tertiary/aromatic N) is 2. The molecule has 2 N–H and O–H groups in total. The van der Waals surface area contributed by atoms with Gasteiger partial charge in [-0.05, 0) is 60.7 Å². The number of aliphatic hydroxyl groups is 1. The number of halogens is 5. The van der Waals surface area contributed by atoms with Gasteiger partial charge in [0.15, 0.2) is 0 Å². The van der Waals surface area contributed by atoms with Gasteiger partial charge in [0.1, 0.15) is 15.7 Å². The summed E-state index contributed by atoms with van der Waals surface area (Å²) in [5.74, 6) is -0.452. The van der Waals surface area contributed by atoms with Crippen molar-refractivity contribution in [2.45, 2.75) is 29.4 Å². The second-order valence-electron chi connectivity index (χ2n) is 8.74. The van der Waals surface area contributed by atoms with E-state index in [2.05, 4.69) is 13.8 Å². The van der Waals surface area contributed by atoms with Gasteiger partial charge in [0.05, 0.1) is 36.3 Å². The standard InChI is InChI=1S/C25H22Cl2F3N3O4S/c1-31-38(35,17-6-4-16(5-7-17)37-25(28,29)30)32-20-12-36-13-23(24(20)34)33-21-8-2-14(26)10-18(21)19-11-15(27)3-9-22(19)33/h2-11,20,23-24,34H,12-13H2,1H3,(H,31,32,35)/t20-,23-,24+,38?/m1/s1. The van der Waals surface area contributed by atoms with Crippen LogP contribution in [0.4, 0.5) is 13.2 Å². The first-order chi connectivity index (χ1) is 18.0. The first-order valence-corrected chi connectivity index (χ1v) is 13.7. The lowest BCUT2D eigenvalue weighted by Crippen LogP contribution is -2.53. The van der Waals surface area contributed by atoms with Crippen molar-refractivity contribution in [3.8, 4) is 5.75 Å². The third-order valence-electron chi connectivity index (χ3n) is 6.40.